The number of rotatable bonds is 10. The molecule has 0 aliphatic heterocycles. The van der Waals surface area contributed by atoms with Crippen LogP contribution in [0.2, 0.25) is 5.02 Å². The van der Waals surface area contributed by atoms with Crippen LogP contribution < -0.4 is 10.6 Å². The average Bonchev–Trinajstić information content (AvgIpc) is 2.54. The molecule has 144 valence electrons. The summed E-state index contributed by atoms with van der Waals surface area (Å²) in [6.45, 7) is 5.49. The number of carboxylic acid groups (broad SMARTS) is 1. The molecule has 3 N–H and O–H groups in total. The summed E-state index contributed by atoms with van der Waals surface area (Å²) in [5.74, 6) is -1.57. The Bertz CT molecular complexity index is 616. The second-order valence-electron chi connectivity index (χ2n) is 7.00. The van der Waals surface area contributed by atoms with Gasteiger partial charge in [0.05, 0.1) is 6.54 Å². The number of amides is 2. The fraction of sp³-hybridized carbons (Fsp3) is 0.526. The average molecular weight is 383 g/mol. The van der Waals surface area contributed by atoms with Crippen LogP contribution >= 0.6 is 11.6 Å². The summed E-state index contributed by atoms with van der Waals surface area (Å²) in [7, 11) is 0. The fourth-order valence-corrected chi connectivity index (χ4v) is 2.73. The van der Waals surface area contributed by atoms with Gasteiger partial charge in [0.1, 0.15) is 6.04 Å². The highest BCUT2D eigenvalue weighted by Crippen LogP contribution is 2.15. The van der Waals surface area contributed by atoms with E-state index in [9.17, 15) is 14.4 Å². The van der Waals surface area contributed by atoms with E-state index < -0.39 is 17.9 Å². The van der Waals surface area contributed by atoms with Crippen molar-refractivity contribution < 1.29 is 19.5 Å². The summed E-state index contributed by atoms with van der Waals surface area (Å²) in [5, 5.41) is 14.8. The predicted octanol–water partition coefficient (Wildman–Crippen LogP) is 2.64. The van der Waals surface area contributed by atoms with E-state index in [0.717, 1.165) is 12.0 Å². The zero-order chi connectivity index (χ0) is 19.7. The smallest absolute Gasteiger partial charge is 0.326 e. The van der Waals surface area contributed by atoms with Crippen LogP contribution in [0, 0.1) is 11.8 Å². The van der Waals surface area contributed by atoms with Crippen molar-refractivity contribution in [1.29, 1.82) is 0 Å². The van der Waals surface area contributed by atoms with Crippen LogP contribution in [0.5, 0.6) is 0 Å². The molecule has 0 spiro atoms. The first kappa shape index (κ1) is 22.0. The summed E-state index contributed by atoms with van der Waals surface area (Å²) >= 11 is 5.85. The molecule has 1 aromatic carbocycles. The van der Waals surface area contributed by atoms with Gasteiger partial charge in [-0.05, 0) is 42.4 Å². The van der Waals surface area contributed by atoms with Crippen LogP contribution in [0.1, 0.15) is 39.2 Å². The van der Waals surface area contributed by atoms with Crippen molar-refractivity contribution in [3.8, 4) is 0 Å². The van der Waals surface area contributed by atoms with E-state index in [1.54, 1.807) is 0 Å². The molecule has 0 aliphatic rings. The lowest BCUT2D eigenvalue weighted by Crippen LogP contribution is -2.46. The Labute approximate surface area is 159 Å². The number of carboxylic acids is 1. The highest BCUT2D eigenvalue weighted by atomic mass is 35.5. The second kappa shape index (κ2) is 10.8. The molecule has 0 heterocycles. The van der Waals surface area contributed by atoms with Crippen molar-refractivity contribution in [3.63, 3.8) is 0 Å². The van der Waals surface area contributed by atoms with Crippen molar-refractivity contribution in [1.82, 2.24) is 10.6 Å². The number of aliphatic carboxylic acids is 1. The third kappa shape index (κ3) is 8.85. The number of carbonyl (C=O) groups is 3. The van der Waals surface area contributed by atoms with Gasteiger partial charge in [-0.2, -0.15) is 0 Å². The molecule has 1 aromatic rings. The molecule has 0 aliphatic carbocycles. The highest BCUT2D eigenvalue weighted by Gasteiger charge is 2.21. The van der Waals surface area contributed by atoms with Gasteiger partial charge in [-0.25, -0.2) is 4.79 Å². The SMILES string of the molecule is CC(C)C[C@H](NC(=O)CNC(=O)CC(C)Cc1ccc(Cl)cc1)C(=O)O. The third-order valence-corrected chi connectivity index (χ3v) is 4.07. The molecule has 0 saturated heterocycles. The number of hydrogen-bond acceptors (Lipinski definition) is 3. The van der Waals surface area contributed by atoms with Gasteiger partial charge in [-0.1, -0.05) is 44.5 Å². The topological polar surface area (TPSA) is 95.5 Å². The maximum Gasteiger partial charge on any atom is 0.326 e. The Morgan fingerprint density at radius 3 is 2.23 bits per heavy atom. The van der Waals surface area contributed by atoms with E-state index in [4.69, 9.17) is 16.7 Å². The van der Waals surface area contributed by atoms with Gasteiger partial charge in [-0.15, -0.1) is 0 Å². The Hall–Kier alpha value is -2.08. The molecule has 0 fully saturated rings. The first-order valence-electron chi connectivity index (χ1n) is 8.70. The van der Waals surface area contributed by atoms with Crippen molar-refractivity contribution in [2.75, 3.05) is 6.54 Å². The van der Waals surface area contributed by atoms with Crippen LogP contribution in [0.4, 0.5) is 0 Å². The van der Waals surface area contributed by atoms with E-state index in [1.165, 1.54) is 0 Å². The molecule has 0 bridgehead atoms. The van der Waals surface area contributed by atoms with E-state index in [2.05, 4.69) is 10.6 Å². The lowest BCUT2D eigenvalue weighted by atomic mass is 9.98. The third-order valence-electron chi connectivity index (χ3n) is 3.82. The molecule has 2 atom stereocenters. The molecular formula is C19H27ClN2O4. The van der Waals surface area contributed by atoms with Crippen molar-refractivity contribution in [2.24, 2.45) is 11.8 Å². The Morgan fingerprint density at radius 2 is 1.69 bits per heavy atom. The van der Waals surface area contributed by atoms with Gasteiger partial charge in [0.25, 0.3) is 0 Å². The Kier molecular flexibility index (Phi) is 9.13. The van der Waals surface area contributed by atoms with E-state index in [-0.39, 0.29) is 30.7 Å². The quantitative estimate of drug-likeness (QED) is 0.579. The molecule has 2 amide bonds. The normalized spacial score (nSPS) is 13.1. The molecule has 1 rings (SSSR count). The number of hydrogen-bond donors (Lipinski definition) is 3. The zero-order valence-corrected chi connectivity index (χ0v) is 16.2. The summed E-state index contributed by atoms with van der Waals surface area (Å²) in [5.41, 5.74) is 1.09. The molecule has 0 saturated carbocycles. The number of halogens is 1. The molecule has 0 aromatic heterocycles. The van der Waals surface area contributed by atoms with Gasteiger partial charge in [-0.3, -0.25) is 9.59 Å². The monoisotopic (exact) mass is 382 g/mol. The van der Waals surface area contributed by atoms with E-state index >= 15 is 0 Å². The summed E-state index contributed by atoms with van der Waals surface area (Å²) in [4.78, 5) is 35.0. The van der Waals surface area contributed by atoms with Crippen LogP contribution in [-0.4, -0.2) is 35.5 Å². The van der Waals surface area contributed by atoms with Gasteiger partial charge in [0.15, 0.2) is 0 Å². The lowest BCUT2D eigenvalue weighted by Gasteiger charge is -2.17. The lowest BCUT2D eigenvalue weighted by molar-refractivity contribution is -0.142. The number of carbonyl (C=O) groups excluding carboxylic acids is 2. The maximum absolute atomic E-state index is 12.0. The van der Waals surface area contributed by atoms with Crippen molar-refractivity contribution in [3.05, 3.63) is 34.9 Å². The molecule has 26 heavy (non-hydrogen) atoms. The van der Waals surface area contributed by atoms with Gasteiger partial charge in [0, 0.05) is 11.4 Å². The first-order chi connectivity index (χ1) is 12.2. The molecule has 1 unspecified atom stereocenters. The zero-order valence-electron chi connectivity index (χ0n) is 15.4. The number of benzene rings is 1. The van der Waals surface area contributed by atoms with Crippen molar-refractivity contribution in [2.45, 2.75) is 46.1 Å². The summed E-state index contributed by atoms with van der Waals surface area (Å²) < 4.78 is 0. The first-order valence-corrected chi connectivity index (χ1v) is 9.08. The predicted molar refractivity (Wildman–Crippen MR) is 101 cm³/mol. The Balaban J connectivity index is 2.36. The van der Waals surface area contributed by atoms with E-state index in [1.807, 2.05) is 45.0 Å². The van der Waals surface area contributed by atoms with Crippen molar-refractivity contribution >= 4 is 29.4 Å². The summed E-state index contributed by atoms with van der Waals surface area (Å²) in [6, 6.07) is 6.52. The molecule has 0 radical (unpaired) electrons. The largest absolute Gasteiger partial charge is 0.480 e. The molecular weight excluding hydrogens is 356 g/mol. The standard InChI is InChI=1S/C19H27ClN2O4/c1-12(2)8-16(19(25)26)22-18(24)11-21-17(23)10-13(3)9-14-4-6-15(20)7-5-14/h4-7,12-13,16H,8-11H2,1-3H3,(H,21,23)(H,22,24)(H,25,26)/t13?,16-/m0/s1. The second-order valence-corrected chi connectivity index (χ2v) is 7.44. The van der Waals surface area contributed by atoms with Crippen LogP contribution in [0.25, 0.3) is 0 Å². The Morgan fingerprint density at radius 1 is 1.08 bits per heavy atom. The van der Waals surface area contributed by atoms with Crippen LogP contribution in [0.15, 0.2) is 24.3 Å². The maximum atomic E-state index is 12.0. The fourth-order valence-electron chi connectivity index (χ4n) is 2.60. The van der Waals surface area contributed by atoms with Gasteiger partial charge < -0.3 is 15.7 Å². The minimum absolute atomic E-state index is 0.104. The highest BCUT2D eigenvalue weighted by molar-refractivity contribution is 6.30. The molecule has 7 heteroatoms. The summed E-state index contributed by atoms with van der Waals surface area (Å²) in [6.07, 6.45) is 1.35. The van der Waals surface area contributed by atoms with Crippen LogP contribution in [0.3, 0.4) is 0 Å². The molecule has 6 nitrogen and oxygen atoms in total. The van der Waals surface area contributed by atoms with Crippen LogP contribution in [-0.2, 0) is 20.8 Å². The minimum atomic E-state index is -1.07. The van der Waals surface area contributed by atoms with Gasteiger partial charge >= 0.3 is 5.97 Å². The van der Waals surface area contributed by atoms with E-state index in [0.29, 0.717) is 11.4 Å². The minimum Gasteiger partial charge on any atom is -0.480 e. The number of nitrogens with one attached hydrogen (secondary N) is 2. The van der Waals surface area contributed by atoms with Gasteiger partial charge in [0.2, 0.25) is 11.8 Å².